The maximum atomic E-state index is 12.9. The maximum Gasteiger partial charge on any atom is 0.350 e. The Balaban J connectivity index is 1.92. The number of hydrogen-bond donors (Lipinski definition) is 1. The summed E-state index contributed by atoms with van der Waals surface area (Å²) in [7, 11) is 1.50. The van der Waals surface area contributed by atoms with Crippen molar-refractivity contribution in [3.8, 4) is 11.5 Å². The minimum atomic E-state index is -1.35. The van der Waals surface area contributed by atoms with E-state index in [4.69, 9.17) is 14.2 Å². The number of esters is 1. The van der Waals surface area contributed by atoms with Crippen LogP contribution in [0.1, 0.15) is 19.4 Å². The quantitative estimate of drug-likeness (QED) is 0.750. The molecule has 0 saturated carbocycles. The van der Waals surface area contributed by atoms with E-state index >= 15 is 0 Å². The van der Waals surface area contributed by atoms with E-state index in [0.29, 0.717) is 17.2 Å². The number of methoxy groups -OCH3 is 1. The standard InChI is InChI=1S/C20H22FNO5/c1-13-5-10-17(25-4)16(11-13)22-18(23)12-26-19(24)20(2,3)27-15-8-6-14(21)7-9-15/h5-11H,12H2,1-4H3,(H,22,23). The Labute approximate surface area is 157 Å². The van der Waals surface area contributed by atoms with Crippen molar-refractivity contribution in [1.29, 1.82) is 0 Å². The molecule has 0 atom stereocenters. The van der Waals surface area contributed by atoms with Gasteiger partial charge < -0.3 is 19.5 Å². The fourth-order valence-electron chi connectivity index (χ4n) is 2.25. The van der Waals surface area contributed by atoms with Crippen LogP contribution in [0.5, 0.6) is 11.5 Å². The average molecular weight is 375 g/mol. The smallest absolute Gasteiger partial charge is 0.350 e. The highest BCUT2D eigenvalue weighted by atomic mass is 19.1. The molecular weight excluding hydrogens is 353 g/mol. The topological polar surface area (TPSA) is 73.9 Å². The van der Waals surface area contributed by atoms with Crippen LogP contribution >= 0.6 is 0 Å². The van der Waals surface area contributed by atoms with Gasteiger partial charge in [-0.1, -0.05) is 6.07 Å². The lowest BCUT2D eigenvalue weighted by Gasteiger charge is -2.24. The number of benzene rings is 2. The van der Waals surface area contributed by atoms with Crippen LogP contribution in [0.2, 0.25) is 0 Å². The Hall–Kier alpha value is -3.09. The predicted octanol–water partition coefficient (Wildman–Crippen LogP) is 3.48. The van der Waals surface area contributed by atoms with Crippen LogP contribution in [-0.4, -0.2) is 31.2 Å². The van der Waals surface area contributed by atoms with Gasteiger partial charge >= 0.3 is 5.97 Å². The highest BCUT2D eigenvalue weighted by Crippen LogP contribution is 2.25. The van der Waals surface area contributed by atoms with Gasteiger partial charge in [0.05, 0.1) is 12.8 Å². The van der Waals surface area contributed by atoms with Crippen LogP contribution < -0.4 is 14.8 Å². The highest BCUT2D eigenvalue weighted by molar-refractivity contribution is 5.94. The number of amides is 1. The molecule has 144 valence electrons. The second-order valence-corrected chi connectivity index (χ2v) is 6.39. The van der Waals surface area contributed by atoms with E-state index in [9.17, 15) is 14.0 Å². The number of rotatable bonds is 7. The van der Waals surface area contributed by atoms with Gasteiger partial charge in [-0.05, 0) is 62.7 Å². The van der Waals surface area contributed by atoms with Crippen molar-refractivity contribution < 1.29 is 28.2 Å². The molecule has 0 aliphatic carbocycles. The van der Waals surface area contributed by atoms with Gasteiger partial charge in [0, 0.05) is 0 Å². The van der Waals surface area contributed by atoms with E-state index in [2.05, 4.69) is 5.32 Å². The Bertz CT molecular complexity index is 818. The Morgan fingerprint density at radius 3 is 2.41 bits per heavy atom. The number of aryl methyl sites for hydroxylation is 1. The third-order valence-corrected chi connectivity index (χ3v) is 3.64. The molecule has 2 aromatic carbocycles. The van der Waals surface area contributed by atoms with Crippen molar-refractivity contribution in [3.63, 3.8) is 0 Å². The van der Waals surface area contributed by atoms with Crippen LogP contribution in [0.4, 0.5) is 10.1 Å². The lowest BCUT2D eigenvalue weighted by molar-refractivity contribution is -0.161. The van der Waals surface area contributed by atoms with Crippen molar-refractivity contribution in [2.75, 3.05) is 19.0 Å². The first kappa shape index (κ1) is 20.2. The summed E-state index contributed by atoms with van der Waals surface area (Å²) in [5.41, 5.74) is 0.0800. The molecule has 0 aliphatic rings. The normalized spacial score (nSPS) is 10.9. The molecule has 0 heterocycles. The molecule has 0 aromatic heterocycles. The average Bonchev–Trinajstić information content (AvgIpc) is 2.61. The van der Waals surface area contributed by atoms with E-state index in [1.807, 2.05) is 13.0 Å². The molecule has 7 heteroatoms. The summed E-state index contributed by atoms with van der Waals surface area (Å²) in [4.78, 5) is 24.3. The number of ether oxygens (including phenoxy) is 3. The van der Waals surface area contributed by atoms with Crippen molar-refractivity contribution in [2.24, 2.45) is 0 Å². The molecule has 2 aromatic rings. The second-order valence-electron chi connectivity index (χ2n) is 6.39. The van der Waals surface area contributed by atoms with Crippen molar-refractivity contribution in [2.45, 2.75) is 26.4 Å². The molecule has 0 bridgehead atoms. The van der Waals surface area contributed by atoms with E-state index < -0.39 is 29.9 Å². The Morgan fingerprint density at radius 1 is 1.11 bits per heavy atom. The van der Waals surface area contributed by atoms with E-state index in [-0.39, 0.29) is 0 Å². The number of carbonyl (C=O) groups excluding carboxylic acids is 2. The summed E-state index contributed by atoms with van der Waals surface area (Å²) in [6.45, 7) is 4.40. The third kappa shape index (κ3) is 5.70. The number of anilines is 1. The number of halogens is 1. The van der Waals surface area contributed by atoms with E-state index in [1.165, 1.54) is 45.2 Å². The molecule has 27 heavy (non-hydrogen) atoms. The summed E-state index contributed by atoms with van der Waals surface area (Å²) in [6, 6.07) is 10.6. The van der Waals surface area contributed by atoms with Gasteiger partial charge in [-0.2, -0.15) is 0 Å². The summed E-state index contributed by atoms with van der Waals surface area (Å²) < 4.78 is 28.7. The van der Waals surface area contributed by atoms with Gasteiger partial charge in [0.1, 0.15) is 17.3 Å². The van der Waals surface area contributed by atoms with Crippen LogP contribution in [0, 0.1) is 12.7 Å². The molecule has 0 fully saturated rings. The molecule has 2 rings (SSSR count). The molecule has 6 nitrogen and oxygen atoms in total. The second kappa shape index (κ2) is 8.53. The summed E-state index contributed by atoms with van der Waals surface area (Å²) in [5, 5.41) is 2.64. The van der Waals surface area contributed by atoms with Gasteiger partial charge in [0.15, 0.2) is 12.2 Å². The largest absolute Gasteiger partial charge is 0.495 e. The monoisotopic (exact) mass is 375 g/mol. The summed E-state index contributed by atoms with van der Waals surface area (Å²) >= 11 is 0. The number of nitrogens with one attached hydrogen (secondary N) is 1. The predicted molar refractivity (Wildman–Crippen MR) is 98.4 cm³/mol. The fraction of sp³-hybridized carbons (Fsp3) is 0.300. The number of carbonyl (C=O) groups is 2. The molecule has 0 spiro atoms. The highest BCUT2D eigenvalue weighted by Gasteiger charge is 2.32. The van der Waals surface area contributed by atoms with Crippen LogP contribution in [0.25, 0.3) is 0 Å². The molecule has 1 N–H and O–H groups in total. The minimum Gasteiger partial charge on any atom is -0.495 e. The first-order valence-corrected chi connectivity index (χ1v) is 8.27. The van der Waals surface area contributed by atoms with Crippen molar-refractivity contribution in [1.82, 2.24) is 0 Å². The fourth-order valence-corrected chi connectivity index (χ4v) is 2.25. The van der Waals surface area contributed by atoms with Crippen molar-refractivity contribution >= 4 is 17.6 Å². The molecule has 0 unspecified atom stereocenters. The van der Waals surface area contributed by atoms with Gasteiger partial charge in [-0.25, -0.2) is 9.18 Å². The van der Waals surface area contributed by atoms with Gasteiger partial charge in [0.25, 0.3) is 5.91 Å². The van der Waals surface area contributed by atoms with Gasteiger partial charge in [-0.15, -0.1) is 0 Å². The Kier molecular flexibility index (Phi) is 6.39. The van der Waals surface area contributed by atoms with E-state index in [1.54, 1.807) is 12.1 Å². The van der Waals surface area contributed by atoms with Gasteiger partial charge in [-0.3, -0.25) is 4.79 Å². The minimum absolute atomic E-state index is 0.312. The molecule has 0 radical (unpaired) electrons. The maximum absolute atomic E-state index is 12.9. The lowest BCUT2D eigenvalue weighted by atomic mass is 10.1. The lowest BCUT2D eigenvalue weighted by Crippen LogP contribution is -2.41. The molecule has 0 aliphatic heterocycles. The molecule has 1 amide bonds. The van der Waals surface area contributed by atoms with Crippen LogP contribution in [0.3, 0.4) is 0 Å². The molecule has 0 saturated heterocycles. The summed E-state index contributed by atoms with van der Waals surface area (Å²) in [5.74, 6) is -0.832. The first-order valence-electron chi connectivity index (χ1n) is 8.27. The zero-order chi connectivity index (χ0) is 20.0. The Morgan fingerprint density at radius 2 is 1.78 bits per heavy atom. The first-order chi connectivity index (χ1) is 12.7. The van der Waals surface area contributed by atoms with Crippen LogP contribution in [0.15, 0.2) is 42.5 Å². The zero-order valence-corrected chi connectivity index (χ0v) is 15.7. The third-order valence-electron chi connectivity index (χ3n) is 3.64. The number of hydrogen-bond acceptors (Lipinski definition) is 5. The SMILES string of the molecule is COc1ccc(C)cc1NC(=O)COC(=O)C(C)(C)Oc1ccc(F)cc1. The van der Waals surface area contributed by atoms with Gasteiger partial charge in [0.2, 0.25) is 0 Å². The van der Waals surface area contributed by atoms with Crippen molar-refractivity contribution in [3.05, 3.63) is 53.8 Å². The zero-order valence-electron chi connectivity index (χ0n) is 15.7. The van der Waals surface area contributed by atoms with Crippen LogP contribution in [-0.2, 0) is 14.3 Å². The van der Waals surface area contributed by atoms with E-state index in [0.717, 1.165) is 5.56 Å². The summed E-state index contributed by atoms with van der Waals surface area (Å²) in [6.07, 6.45) is 0. The molecular formula is C20H22FNO5.